The number of carbonyl (C=O) groups is 2. The van der Waals surface area contributed by atoms with Crippen LogP contribution in [-0.4, -0.2) is 60.9 Å². The third-order valence-electron chi connectivity index (χ3n) is 4.50. The Kier molecular flexibility index (Phi) is 6.76. The summed E-state index contributed by atoms with van der Waals surface area (Å²) < 4.78 is 5.32. The van der Waals surface area contributed by atoms with Gasteiger partial charge >= 0.3 is 6.09 Å². The molecule has 7 nitrogen and oxygen atoms in total. The van der Waals surface area contributed by atoms with Crippen molar-refractivity contribution in [2.24, 2.45) is 0 Å². The molecule has 0 fully saturated rings. The van der Waals surface area contributed by atoms with Crippen LogP contribution in [0, 0.1) is 0 Å². The van der Waals surface area contributed by atoms with Crippen molar-refractivity contribution in [3.8, 4) is 0 Å². The van der Waals surface area contributed by atoms with Crippen LogP contribution in [0.2, 0.25) is 0 Å². The van der Waals surface area contributed by atoms with Gasteiger partial charge in [-0.05, 0) is 50.1 Å². The molecule has 0 saturated carbocycles. The Bertz CT molecular complexity index is 677. The first-order valence-electron chi connectivity index (χ1n) is 8.65. The average molecular weight is 361 g/mol. The molecule has 142 valence electrons. The highest BCUT2D eigenvalue weighted by Gasteiger charge is 2.35. The number of nitrogens with one attached hydrogen (secondary N) is 2. The first kappa shape index (κ1) is 19.9. The van der Waals surface area contributed by atoms with Crippen molar-refractivity contribution in [1.82, 2.24) is 10.2 Å². The first-order chi connectivity index (χ1) is 12.3. The molecular weight excluding hydrogens is 334 g/mol. The SMILES string of the molecule is C=CCOC[C@@](C)(NC(=O)O)C(=O)Nc1ccc2c(c1)CCN(C)CC2. The Morgan fingerprint density at radius 2 is 2.04 bits per heavy atom. The van der Waals surface area contributed by atoms with Crippen LogP contribution in [-0.2, 0) is 22.4 Å². The van der Waals surface area contributed by atoms with Crippen molar-refractivity contribution in [3.63, 3.8) is 0 Å². The van der Waals surface area contributed by atoms with Crippen molar-refractivity contribution < 1.29 is 19.4 Å². The zero-order chi connectivity index (χ0) is 19.2. The van der Waals surface area contributed by atoms with E-state index in [0.717, 1.165) is 25.9 Å². The monoisotopic (exact) mass is 361 g/mol. The summed E-state index contributed by atoms with van der Waals surface area (Å²) in [7, 11) is 2.10. The van der Waals surface area contributed by atoms with Gasteiger partial charge in [0.25, 0.3) is 5.91 Å². The molecule has 0 spiro atoms. The molecule has 3 N–H and O–H groups in total. The average Bonchev–Trinajstić information content (AvgIpc) is 2.76. The zero-order valence-electron chi connectivity index (χ0n) is 15.4. The van der Waals surface area contributed by atoms with Crippen molar-refractivity contribution in [1.29, 1.82) is 0 Å². The molecule has 2 rings (SSSR count). The number of fused-ring (bicyclic) bond motifs is 1. The topological polar surface area (TPSA) is 90.9 Å². The highest BCUT2D eigenvalue weighted by atomic mass is 16.5. The van der Waals surface area contributed by atoms with E-state index in [9.17, 15) is 9.59 Å². The molecule has 1 aromatic carbocycles. The number of benzene rings is 1. The van der Waals surface area contributed by atoms with Crippen LogP contribution < -0.4 is 10.6 Å². The molecule has 1 aliphatic rings. The smallest absolute Gasteiger partial charge is 0.405 e. The fraction of sp³-hybridized carbons (Fsp3) is 0.474. The minimum atomic E-state index is -1.40. The largest absolute Gasteiger partial charge is 0.465 e. The molecule has 0 aromatic heterocycles. The quantitative estimate of drug-likeness (QED) is 0.510. The summed E-state index contributed by atoms with van der Waals surface area (Å²) in [6, 6.07) is 5.85. The molecule has 0 saturated heterocycles. The lowest BCUT2D eigenvalue weighted by atomic mass is 10.0. The van der Waals surface area contributed by atoms with Gasteiger partial charge in [-0.3, -0.25) is 4.79 Å². The normalized spacial score (nSPS) is 16.7. The van der Waals surface area contributed by atoms with Gasteiger partial charge in [0.1, 0.15) is 5.54 Å². The van der Waals surface area contributed by atoms with Gasteiger partial charge in [-0.2, -0.15) is 0 Å². The van der Waals surface area contributed by atoms with E-state index < -0.39 is 17.5 Å². The van der Waals surface area contributed by atoms with Gasteiger partial charge in [-0.25, -0.2) is 4.79 Å². The molecule has 0 radical (unpaired) electrons. The molecule has 26 heavy (non-hydrogen) atoms. The molecule has 2 amide bonds. The second-order valence-corrected chi connectivity index (χ2v) is 6.81. The van der Waals surface area contributed by atoms with Crippen molar-refractivity contribution in [3.05, 3.63) is 42.0 Å². The maximum Gasteiger partial charge on any atom is 0.405 e. The zero-order valence-corrected chi connectivity index (χ0v) is 15.4. The summed E-state index contributed by atoms with van der Waals surface area (Å²) in [5.74, 6) is -0.463. The molecule has 7 heteroatoms. The van der Waals surface area contributed by atoms with Gasteiger partial charge in [-0.15, -0.1) is 6.58 Å². The predicted molar refractivity (Wildman–Crippen MR) is 101 cm³/mol. The minimum absolute atomic E-state index is 0.0904. The van der Waals surface area contributed by atoms with Crippen LogP contribution in [0.1, 0.15) is 18.1 Å². The first-order valence-corrected chi connectivity index (χ1v) is 8.65. The fourth-order valence-electron chi connectivity index (χ4n) is 2.92. The van der Waals surface area contributed by atoms with Gasteiger partial charge in [0.15, 0.2) is 0 Å². The summed E-state index contributed by atoms with van der Waals surface area (Å²) >= 11 is 0. The van der Waals surface area contributed by atoms with E-state index in [1.807, 2.05) is 18.2 Å². The molecule has 1 aliphatic heterocycles. The second kappa shape index (κ2) is 8.82. The van der Waals surface area contributed by atoms with Crippen LogP contribution in [0.25, 0.3) is 0 Å². The molecular formula is C19H27N3O4. The van der Waals surface area contributed by atoms with Gasteiger partial charge in [0.2, 0.25) is 0 Å². The van der Waals surface area contributed by atoms with E-state index in [0.29, 0.717) is 5.69 Å². The third kappa shape index (κ3) is 5.31. The Hall–Kier alpha value is -2.38. The summed E-state index contributed by atoms with van der Waals surface area (Å²) in [6.07, 6.45) is 2.16. The van der Waals surface area contributed by atoms with Crippen molar-refractivity contribution in [2.45, 2.75) is 25.3 Å². The second-order valence-electron chi connectivity index (χ2n) is 6.81. The number of carboxylic acid groups (broad SMARTS) is 1. The van der Waals surface area contributed by atoms with Crippen molar-refractivity contribution in [2.75, 3.05) is 38.7 Å². The fourth-order valence-corrected chi connectivity index (χ4v) is 2.92. The highest BCUT2D eigenvalue weighted by molar-refractivity contribution is 5.99. The summed E-state index contributed by atoms with van der Waals surface area (Å²) in [5, 5.41) is 14.1. The number of anilines is 1. The lowest BCUT2D eigenvalue weighted by molar-refractivity contribution is -0.123. The lowest BCUT2D eigenvalue weighted by Gasteiger charge is -2.28. The maximum atomic E-state index is 12.7. The number of carbonyl (C=O) groups excluding carboxylic acids is 1. The Labute approximate surface area is 154 Å². The summed E-state index contributed by atoms with van der Waals surface area (Å²) in [5.41, 5.74) is 1.75. The van der Waals surface area contributed by atoms with Crippen LogP contribution in [0.3, 0.4) is 0 Å². The number of nitrogens with zero attached hydrogens (tertiary/aromatic N) is 1. The predicted octanol–water partition coefficient (Wildman–Crippen LogP) is 1.88. The number of rotatable bonds is 7. The number of amides is 2. The molecule has 1 heterocycles. The van der Waals surface area contributed by atoms with Gasteiger partial charge in [0.05, 0.1) is 13.2 Å². The van der Waals surface area contributed by atoms with Gasteiger partial charge in [0, 0.05) is 18.8 Å². The minimum Gasteiger partial charge on any atom is -0.465 e. The van der Waals surface area contributed by atoms with Crippen LogP contribution in [0.15, 0.2) is 30.9 Å². The number of hydrogen-bond acceptors (Lipinski definition) is 4. The van der Waals surface area contributed by atoms with E-state index in [-0.39, 0.29) is 13.2 Å². The molecule has 1 atom stereocenters. The number of ether oxygens (including phenoxy) is 1. The molecule has 0 bridgehead atoms. The van der Waals surface area contributed by atoms with Crippen LogP contribution >= 0.6 is 0 Å². The number of likely N-dealkylation sites (N-methyl/N-ethyl adjacent to an activating group) is 1. The van der Waals surface area contributed by atoms with E-state index >= 15 is 0 Å². The molecule has 1 aromatic rings. The van der Waals surface area contributed by atoms with Crippen LogP contribution in [0.4, 0.5) is 10.5 Å². The summed E-state index contributed by atoms with van der Waals surface area (Å²) in [4.78, 5) is 26.1. The van der Waals surface area contributed by atoms with E-state index in [1.165, 1.54) is 18.1 Å². The molecule has 0 unspecified atom stereocenters. The van der Waals surface area contributed by atoms with Gasteiger partial charge < -0.3 is 25.4 Å². The van der Waals surface area contributed by atoms with Crippen molar-refractivity contribution >= 4 is 17.7 Å². The molecule has 0 aliphatic carbocycles. The van der Waals surface area contributed by atoms with E-state index in [4.69, 9.17) is 9.84 Å². The Morgan fingerprint density at radius 1 is 1.35 bits per heavy atom. The van der Waals surface area contributed by atoms with Gasteiger partial charge in [-0.1, -0.05) is 12.1 Å². The van der Waals surface area contributed by atoms with E-state index in [1.54, 1.807) is 6.08 Å². The standard InChI is InChI=1S/C19H27N3O4/c1-4-11-26-13-19(2,21-18(24)25)17(23)20-16-6-5-14-7-9-22(3)10-8-15(14)12-16/h4-6,12,21H,1,7-11,13H2,2-3H3,(H,20,23)(H,24,25)/t19-/m1/s1. The van der Waals surface area contributed by atoms with Crippen LogP contribution in [0.5, 0.6) is 0 Å². The number of hydrogen-bond donors (Lipinski definition) is 3. The van der Waals surface area contributed by atoms with E-state index in [2.05, 4.69) is 29.2 Å². The lowest BCUT2D eigenvalue weighted by Crippen LogP contribution is -2.57. The Morgan fingerprint density at radius 3 is 2.69 bits per heavy atom. The third-order valence-corrected chi connectivity index (χ3v) is 4.50. The maximum absolute atomic E-state index is 12.7. The summed E-state index contributed by atoms with van der Waals surface area (Å²) in [6.45, 7) is 7.17. The Balaban J connectivity index is 2.12. The highest BCUT2D eigenvalue weighted by Crippen LogP contribution is 2.21.